The summed E-state index contributed by atoms with van der Waals surface area (Å²) in [5.41, 5.74) is 0.102. The highest BCUT2D eigenvalue weighted by Gasteiger charge is 2.19. The molecule has 1 aromatic heterocycles. The van der Waals surface area contributed by atoms with E-state index in [0.717, 1.165) is 5.03 Å². The maximum atomic E-state index is 10.8. The van der Waals surface area contributed by atoms with Crippen LogP contribution in [-0.4, -0.2) is 22.2 Å². The lowest BCUT2D eigenvalue weighted by Crippen LogP contribution is -2.00. The first-order valence-electron chi connectivity index (χ1n) is 5.70. The number of nitro groups is 1. The van der Waals surface area contributed by atoms with Crippen molar-refractivity contribution in [2.24, 2.45) is 0 Å². The minimum atomic E-state index is -0.374. The van der Waals surface area contributed by atoms with Gasteiger partial charge in [0.1, 0.15) is 10.8 Å². The minimum absolute atomic E-state index is 0.102. The van der Waals surface area contributed by atoms with Crippen molar-refractivity contribution in [1.29, 1.82) is 0 Å². The Morgan fingerprint density at radius 1 is 1.47 bits per heavy atom. The molecule has 0 aromatic carbocycles. The lowest BCUT2D eigenvalue weighted by atomic mass is 10.4. The van der Waals surface area contributed by atoms with Gasteiger partial charge in [-0.25, -0.2) is 4.98 Å². The number of nitrogens with one attached hydrogen (secondary N) is 1. The van der Waals surface area contributed by atoms with Gasteiger partial charge in [-0.2, -0.15) is 0 Å². The van der Waals surface area contributed by atoms with Crippen LogP contribution in [0.2, 0.25) is 0 Å². The van der Waals surface area contributed by atoms with Gasteiger partial charge in [-0.05, 0) is 12.8 Å². The van der Waals surface area contributed by atoms with E-state index in [0.29, 0.717) is 11.1 Å². The first-order valence-corrected chi connectivity index (χ1v) is 6.58. The Balaban J connectivity index is 2.19. The predicted molar refractivity (Wildman–Crippen MR) is 68.6 cm³/mol. The molecular weight excluding hydrogens is 238 g/mol. The van der Waals surface area contributed by atoms with Crippen molar-refractivity contribution < 1.29 is 4.92 Å². The lowest BCUT2D eigenvalue weighted by molar-refractivity contribution is -0.385. The van der Waals surface area contributed by atoms with E-state index in [-0.39, 0.29) is 10.6 Å². The maximum Gasteiger partial charge on any atom is 0.275 e. The van der Waals surface area contributed by atoms with Gasteiger partial charge in [0, 0.05) is 18.4 Å². The standard InChI is InChI=1S/C11H15N3O2S/c1-12-10-6-8(14(15)16)7-11(13-10)17-9-4-2-3-5-9/h6-7,9H,2-5H2,1H3,(H,12,13). The van der Waals surface area contributed by atoms with Crippen LogP contribution in [0.15, 0.2) is 17.2 Å². The molecule has 2 rings (SSSR count). The Kier molecular flexibility index (Phi) is 3.83. The number of anilines is 1. The summed E-state index contributed by atoms with van der Waals surface area (Å²) in [7, 11) is 1.72. The molecule has 1 aromatic rings. The van der Waals surface area contributed by atoms with E-state index >= 15 is 0 Å². The van der Waals surface area contributed by atoms with Crippen molar-refractivity contribution >= 4 is 23.3 Å². The fraction of sp³-hybridized carbons (Fsp3) is 0.545. The Morgan fingerprint density at radius 3 is 2.76 bits per heavy atom. The zero-order chi connectivity index (χ0) is 12.3. The normalized spacial score (nSPS) is 16.1. The van der Waals surface area contributed by atoms with Gasteiger partial charge in [0.2, 0.25) is 0 Å². The zero-order valence-corrected chi connectivity index (χ0v) is 10.5. The fourth-order valence-corrected chi connectivity index (χ4v) is 3.21. The van der Waals surface area contributed by atoms with Crippen LogP contribution < -0.4 is 5.32 Å². The van der Waals surface area contributed by atoms with Gasteiger partial charge in [-0.3, -0.25) is 10.1 Å². The molecule has 0 unspecified atom stereocenters. The summed E-state index contributed by atoms with van der Waals surface area (Å²) in [6, 6.07) is 3.02. The van der Waals surface area contributed by atoms with Gasteiger partial charge in [0.05, 0.1) is 11.0 Å². The molecule has 0 aliphatic heterocycles. The number of hydrogen-bond acceptors (Lipinski definition) is 5. The molecule has 1 heterocycles. The smallest absolute Gasteiger partial charge is 0.275 e. The number of rotatable bonds is 4. The molecule has 0 radical (unpaired) electrons. The van der Waals surface area contributed by atoms with Crippen LogP contribution >= 0.6 is 11.8 Å². The average Bonchev–Trinajstić information content (AvgIpc) is 2.81. The third-order valence-corrected chi connectivity index (χ3v) is 4.10. The molecule has 17 heavy (non-hydrogen) atoms. The fourth-order valence-electron chi connectivity index (χ4n) is 1.96. The van der Waals surface area contributed by atoms with Crippen molar-refractivity contribution in [3.05, 3.63) is 22.2 Å². The number of thioether (sulfide) groups is 1. The van der Waals surface area contributed by atoms with E-state index in [9.17, 15) is 10.1 Å². The van der Waals surface area contributed by atoms with Crippen LogP contribution in [0.25, 0.3) is 0 Å². The highest BCUT2D eigenvalue weighted by atomic mass is 32.2. The molecule has 0 amide bonds. The summed E-state index contributed by atoms with van der Waals surface area (Å²) >= 11 is 1.66. The molecule has 1 N–H and O–H groups in total. The van der Waals surface area contributed by atoms with Gasteiger partial charge >= 0.3 is 0 Å². The highest BCUT2D eigenvalue weighted by molar-refractivity contribution is 7.99. The molecule has 6 heteroatoms. The van der Waals surface area contributed by atoms with E-state index < -0.39 is 0 Å². The Bertz CT molecular complexity index is 419. The molecule has 92 valence electrons. The number of nitrogens with zero attached hydrogens (tertiary/aromatic N) is 2. The van der Waals surface area contributed by atoms with E-state index in [1.807, 2.05) is 0 Å². The minimum Gasteiger partial charge on any atom is -0.373 e. The third-order valence-electron chi connectivity index (χ3n) is 2.84. The van der Waals surface area contributed by atoms with Crippen LogP contribution in [0.1, 0.15) is 25.7 Å². The number of hydrogen-bond donors (Lipinski definition) is 1. The molecule has 1 aliphatic carbocycles. The maximum absolute atomic E-state index is 10.8. The number of pyridine rings is 1. The second-order valence-corrected chi connectivity index (χ2v) is 5.40. The first-order chi connectivity index (χ1) is 8.19. The van der Waals surface area contributed by atoms with Crippen molar-refractivity contribution in [3.8, 4) is 0 Å². The summed E-state index contributed by atoms with van der Waals surface area (Å²) in [6.45, 7) is 0. The Labute approximate surface area is 104 Å². The third kappa shape index (κ3) is 3.09. The SMILES string of the molecule is CNc1cc([N+](=O)[O-])cc(SC2CCCC2)n1. The van der Waals surface area contributed by atoms with Crippen molar-refractivity contribution in [3.63, 3.8) is 0 Å². The molecule has 1 aliphatic rings. The predicted octanol–water partition coefficient (Wildman–Crippen LogP) is 3.07. The number of aromatic nitrogens is 1. The summed E-state index contributed by atoms with van der Waals surface area (Å²) in [4.78, 5) is 14.8. The van der Waals surface area contributed by atoms with Gasteiger partial charge in [0.15, 0.2) is 0 Å². The van der Waals surface area contributed by atoms with Crippen molar-refractivity contribution in [1.82, 2.24) is 4.98 Å². The second-order valence-electron chi connectivity index (χ2n) is 4.08. The molecule has 5 nitrogen and oxygen atoms in total. The van der Waals surface area contributed by atoms with Crippen molar-refractivity contribution in [2.75, 3.05) is 12.4 Å². The summed E-state index contributed by atoms with van der Waals surface area (Å²) in [5.74, 6) is 0.555. The molecule has 0 saturated heterocycles. The van der Waals surface area contributed by atoms with Crippen LogP contribution in [-0.2, 0) is 0 Å². The van der Waals surface area contributed by atoms with Gasteiger partial charge in [-0.15, -0.1) is 11.8 Å². The van der Waals surface area contributed by atoms with E-state index in [2.05, 4.69) is 10.3 Å². The van der Waals surface area contributed by atoms with Crippen LogP contribution in [0.4, 0.5) is 11.5 Å². The van der Waals surface area contributed by atoms with Gasteiger partial charge < -0.3 is 5.32 Å². The Morgan fingerprint density at radius 2 is 2.18 bits per heavy atom. The average molecular weight is 253 g/mol. The Hall–Kier alpha value is -1.30. The van der Waals surface area contributed by atoms with Crippen LogP contribution in [0, 0.1) is 10.1 Å². The van der Waals surface area contributed by atoms with Crippen LogP contribution in [0.3, 0.4) is 0 Å². The van der Waals surface area contributed by atoms with E-state index in [1.54, 1.807) is 24.9 Å². The quantitative estimate of drug-likeness (QED) is 0.659. The topological polar surface area (TPSA) is 68.1 Å². The van der Waals surface area contributed by atoms with E-state index in [1.165, 1.54) is 31.7 Å². The first kappa shape index (κ1) is 12.2. The van der Waals surface area contributed by atoms with Gasteiger partial charge in [-0.1, -0.05) is 12.8 Å². The van der Waals surface area contributed by atoms with Crippen molar-refractivity contribution in [2.45, 2.75) is 36.0 Å². The van der Waals surface area contributed by atoms with Crippen LogP contribution in [0.5, 0.6) is 0 Å². The molecule has 1 fully saturated rings. The zero-order valence-electron chi connectivity index (χ0n) is 9.68. The molecule has 0 bridgehead atoms. The lowest BCUT2D eigenvalue weighted by Gasteiger charge is -2.09. The molecule has 0 atom stereocenters. The molecule has 0 spiro atoms. The highest BCUT2D eigenvalue weighted by Crippen LogP contribution is 2.35. The summed E-state index contributed by atoms with van der Waals surface area (Å²) in [5, 5.41) is 15.0. The molecular formula is C11H15N3O2S. The molecule has 1 saturated carbocycles. The van der Waals surface area contributed by atoms with Gasteiger partial charge in [0.25, 0.3) is 5.69 Å². The summed E-state index contributed by atoms with van der Waals surface area (Å²) < 4.78 is 0. The monoisotopic (exact) mass is 253 g/mol. The largest absolute Gasteiger partial charge is 0.373 e. The second kappa shape index (κ2) is 5.35. The summed E-state index contributed by atoms with van der Waals surface area (Å²) in [6.07, 6.45) is 4.88. The van der Waals surface area contributed by atoms with E-state index in [4.69, 9.17) is 0 Å².